The van der Waals surface area contributed by atoms with Crippen molar-refractivity contribution in [1.29, 1.82) is 0 Å². The summed E-state index contributed by atoms with van der Waals surface area (Å²) in [6, 6.07) is 3.09. The van der Waals surface area contributed by atoms with Crippen molar-refractivity contribution in [3.05, 3.63) is 23.4 Å². The van der Waals surface area contributed by atoms with E-state index in [9.17, 15) is 4.79 Å². The van der Waals surface area contributed by atoms with Gasteiger partial charge in [0.1, 0.15) is 5.82 Å². The molecule has 0 bridgehead atoms. The lowest BCUT2D eigenvalue weighted by atomic mass is 9.88. The number of anilines is 1. The fourth-order valence-electron chi connectivity index (χ4n) is 1.86. The summed E-state index contributed by atoms with van der Waals surface area (Å²) in [7, 11) is 0. The molecule has 0 atom stereocenters. The first-order valence-electron chi connectivity index (χ1n) is 6.41. The number of rotatable bonds is 7. The standard InChI is InChI=1S/C14H22N2O3/c1-10-7-11(13(18)19)8-12(16-10)15-9-14(2,3)5-4-6-17/h7-8,17H,4-6,9H2,1-3H3,(H,15,16)(H,18,19). The Morgan fingerprint density at radius 1 is 1.42 bits per heavy atom. The van der Waals surface area contributed by atoms with Crippen LogP contribution < -0.4 is 5.32 Å². The van der Waals surface area contributed by atoms with Crippen LogP contribution in [0.2, 0.25) is 0 Å². The minimum atomic E-state index is -0.951. The molecular weight excluding hydrogens is 244 g/mol. The van der Waals surface area contributed by atoms with E-state index < -0.39 is 5.97 Å². The molecule has 0 amide bonds. The van der Waals surface area contributed by atoms with Gasteiger partial charge in [-0.05, 0) is 37.3 Å². The van der Waals surface area contributed by atoms with Gasteiger partial charge in [0.2, 0.25) is 0 Å². The first-order chi connectivity index (χ1) is 8.84. The van der Waals surface area contributed by atoms with Gasteiger partial charge in [0.15, 0.2) is 0 Å². The van der Waals surface area contributed by atoms with Crippen LogP contribution in [0.5, 0.6) is 0 Å². The van der Waals surface area contributed by atoms with E-state index in [0.717, 1.165) is 12.8 Å². The summed E-state index contributed by atoms with van der Waals surface area (Å²) in [6.07, 6.45) is 1.66. The summed E-state index contributed by atoms with van der Waals surface area (Å²) < 4.78 is 0. The lowest BCUT2D eigenvalue weighted by Crippen LogP contribution is -2.24. The summed E-state index contributed by atoms with van der Waals surface area (Å²) in [5.74, 6) is -0.373. The number of aliphatic hydroxyl groups excluding tert-OH is 1. The van der Waals surface area contributed by atoms with Gasteiger partial charge in [-0.15, -0.1) is 0 Å². The Hall–Kier alpha value is -1.62. The van der Waals surface area contributed by atoms with Crippen molar-refractivity contribution in [3.8, 4) is 0 Å². The van der Waals surface area contributed by atoms with E-state index in [2.05, 4.69) is 24.1 Å². The van der Waals surface area contributed by atoms with Crippen molar-refractivity contribution in [2.75, 3.05) is 18.5 Å². The number of carbonyl (C=O) groups is 1. The van der Waals surface area contributed by atoms with Crippen molar-refractivity contribution < 1.29 is 15.0 Å². The molecule has 0 radical (unpaired) electrons. The fraction of sp³-hybridized carbons (Fsp3) is 0.571. The molecule has 1 aromatic heterocycles. The molecule has 19 heavy (non-hydrogen) atoms. The van der Waals surface area contributed by atoms with Gasteiger partial charge < -0.3 is 15.5 Å². The zero-order valence-electron chi connectivity index (χ0n) is 11.7. The molecule has 0 saturated heterocycles. The Morgan fingerprint density at radius 3 is 2.68 bits per heavy atom. The SMILES string of the molecule is Cc1cc(C(=O)O)cc(NCC(C)(C)CCCO)n1. The highest BCUT2D eigenvalue weighted by atomic mass is 16.4. The maximum atomic E-state index is 11.0. The van der Waals surface area contributed by atoms with Gasteiger partial charge in [-0.3, -0.25) is 0 Å². The van der Waals surface area contributed by atoms with Crippen molar-refractivity contribution in [2.45, 2.75) is 33.6 Å². The van der Waals surface area contributed by atoms with Crippen LogP contribution in [0.4, 0.5) is 5.82 Å². The summed E-state index contributed by atoms with van der Waals surface area (Å²) in [4.78, 5) is 15.2. The first-order valence-corrected chi connectivity index (χ1v) is 6.41. The smallest absolute Gasteiger partial charge is 0.335 e. The Morgan fingerprint density at radius 2 is 2.11 bits per heavy atom. The molecule has 1 aromatic rings. The van der Waals surface area contributed by atoms with Crippen molar-refractivity contribution in [2.24, 2.45) is 5.41 Å². The first kappa shape index (κ1) is 15.4. The average molecular weight is 266 g/mol. The molecule has 0 fully saturated rings. The molecule has 0 aliphatic heterocycles. The normalized spacial score (nSPS) is 11.4. The van der Waals surface area contributed by atoms with Crippen LogP contribution in [0.15, 0.2) is 12.1 Å². The van der Waals surface area contributed by atoms with E-state index in [1.807, 2.05) is 0 Å². The number of aromatic carboxylic acids is 1. The average Bonchev–Trinajstić information content (AvgIpc) is 2.33. The van der Waals surface area contributed by atoms with E-state index in [1.165, 1.54) is 6.07 Å². The van der Waals surface area contributed by atoms with Crippen molar-refractivity contribution >= 4 is 11.8 Å². The summed E-state index contributed by atoms with van der Waals surface area (Å²) in [5.41, 5.74) is 0.941. The predicted molar refractivity (Wildman–Crippen MR) is 74.5 cm³/mol. The van der Waals surface area contributed by atoms with Crippen LogP contribution in [0.1, 0.15) is 42.7 Å². The van der Waals surface area contributed by atoms with Crippen molar-refractivity contribution in [1.82, 2.24) is 4.98 Å². The molecule has 0 aliphatic rings. The topological polar surface area (TPSA) is 82.5 Å². The molecule has 0 saturated carbocycles. The number of aliphatic hydroxyl groups is 1. The maximum Gasteiger partial charge on any atom is 0.335 e. The van der Waals surface area contributed by atoms with Gasteiger partial charge >= 0.3 is 5.97 Å². The highest BCUT2D eigenvalue weighted by molar-refractivity contribution is 5.88. The second kappa shape index (κ2) is 6.52. The van der Waals surface area contributed by atoms with Crippen LogP contribution in [0.25, 0.3) is 0 Å². The molecule has 106 valence electrons. The minimum absolute atomic E-state index is 0.0253. The van der Waals surface area contributed by atoms with Crippen LogP contribution in [0, 0.1) is 12.3 Å². The van der Waals surface area contributed by atoms with Crippen LogP contribution in [-0.4, -0.2) is 34.3 Å². The molecular formula is C14H22N2O3. The minimum Gasteiger partial charge on any atom is -0.478 e. The number of pyridine rings is 1. The van der Waals surface area contributed by atoms with Gasteiger partial charge in [-0.1, -0.05) is 13.8 Å². The number of carboxylic acid groups (broad SMARTS) is 1. The third-order valence-electron chi connectivity index (χ3n) is 2.96. The Bertz CT molecular complexity index is 444. The third kappa shape index (κ3) is 5.26. The van der Waals surface area contributed by atoms with Crippen LogP contribution in [0.3, 0.4) is 0 Å². The number of aryl methyl sites for hydroxylation is 1. The van der Waals surface area contributed by atoms with Crippen LogP contribution >= 0.6 is 0 Å². The summed E-state index contributed by atoms with van der Waals surface area (Å²) in [5, 5.41) is 21.0. The van der Waals surface area contributed by atoms with E-state index in [-0.39, 0.29) is 17.6 Å². The van der Waals surface area contributed by atoms with Gasteiger partial charge in [0, 0.05) is 18.8 Å². The number of hydrogen-bond donors (Lipinski definition) is 3. The molecule has 0 aromatic carbocycles. The Labute approximate surface area is 113 Å². The number of hydrogen-bond acceptors (Lipinski definition) is 4. The zero-order chi connectivity index (χ0) is 14.5. The van der Waals surface area contributed by atoms with Crippen LogP contribution in [-0.2, 0) is 0 Å². The molecule has 0 aliphatic carbocycles. The zero-order valence-corrected chi connectivity index (χ0v) is 11.7. The van der Waals surface area contributed by atoms with Gasteiger partial charge in [0.25, 0.3) is 0 Å². The van der Waals surface area contributed by atoms with E-state index in [0.29, 0.717) is 18.1 Å². The van der Waals surface area contributed by atoms with Gasteiger partial charge in [-0.25, -0.2) is 9.78 Å². The summed E-state index contributed by atoms with van der Waals surface area (Å²) >= 11 is 0. The molecule has 1 rings (SSSR count). The van der Waals surface area contributed by atoms with Gasteiger partial charge in [0.05, 0.1) is 5.56 Å². The number of nitrogens with zero attached hydrogens (tertiary/aromatic N) is 1. The van der Waals surface area contributed by atoms with Crippen molar-refractivity contribution in [3.63, 3.8) is 0 Å². The fourth-order valence-corrected chi connectivity index (χ4v) is 1.86. The molecule has 5 nitrogen and oxygen atoms in total. The monoisotopic (exact) mass is 266 g/mol. The highest BCUT2D eigenvalue weighted by Crippen LogP contribution is 2.22. The molecule has 3 N–H and O–H groups in total. The molecule has 0 unspecified atom stereocenters. The number of aromatic nitrogens is 1. The van der Waals surface area contributed by atoms with E-state index >= 15 is 0 Å². The molecule has 1 heterocycles. The number of carboxylic acids is 1. The third-order valence-corrected chi connectivity index (χ3v) is 2.96. The number of nitrogens with one attached hydrogen (secondary N) is 1. The Kier molecular flexibility index (Phi) is 5.30. The largest absolute Gasteiger partial charge is 0.478 e. The lowest BCUT2D eigenvalue weighted by Gasteiger charge is -2.25. The maximum absolute atomic E-state index is 11.0. The molecule has 0 spiro atoms. The summed E-state index contributed by atoms with van der Waals surface area (Å²) in [6.45, 7) is 6.85. The highest BCUT2D eigenvalue weighted by Gasteiger charge is 2.17. The lowest BCUT2D eigenvalue weighted by molar-refractivity contribution is 0.0696. The van der Waals surface area contributed by atoms with E-state index in [1.54, 1.807) is 13.0 Å². The quantitative estimate of drug-likeness (QED) is 0.705. The Balaban J connectivity index is 2.69. The van der Waals surface area contributed by atoms with Gasteiger partial charge in [-0.2, -0.15) is 0 Å². The second-order valence-electron chi connectivity index (χ2n) is 5.53. The molecule has 5 heteroatoms. The predicted octanol–water partition coefficient (Wildman–Crippen LogP) is 2.30. The second-order valence-corrected chi connectivity index (χ2v) is 5.53. The van der Waals surface area contributed by atoms with E-state index in [4.69, 9.17) is 10.2 Å².